The zero-order valence-electron chi connectivity index (χ0n) is 24.0. The van der Waals surface area contributed by atoms with Crippen LogP contribution in [0.15, 0.2) is 60.7 Å². The Kier molecular flexibility index (Phi) is 7.93. The molecule has 1 saturated heterocycles. The van der Waals surface area contributed by atoms with Gasteiger partial charge in [0.15, 0.2) is 5.78 Å². The fourth-order valence-corrected chi connectivity index (χ4v) is 7.61. The van der Waals surface area contributed by atoms with Gasteiger partial charge in [0.2, 0.25) is 0 Å². The molecule has 2 aliphatic heterocycles. The molecular formula is C35H43N3O2. The van der Waals surface area contributed by atoms with Gasteiger partial charge in [0.05, 0.1) is 6.04 Å². The number of hydrogen-bond acceptors (Lipinski definition) is 3. The van der Waals surface area contributed by atoms with Crippen molar-refractivity contribution in [2.24, 2.45) is 5.92 Å². The van der Waals surface area contributed by atoms with Crippen molar-refractivity contribution in [3.63, 3.8) is 0 Å². The van der Waals surface area contributed by atoms with Crippen molar-refractivity contribution >= 4 is 22.6 Å². The highest BCUT2D eigenvalue weighted by molar-refractivity contribution is 5.96. The summed E-state index contributed by atoms with van der Waals surface area (Å²) in [5, 5.41) is 8.82. The quantitative estimate of drug-likeness (QED) is 0.272. The molecule has 2 unspecified atom stereocenters. The molecule has 6 rings (SSSR count). The van der Waals surface area contributed by atoms with Gasteiger partial charge in [0.25, 0.3) is 0 Å². The van der Waals surface area contributed by atoms with E-state index < -0.39 is 0 Å². The SMILES string of the molecule is CCCC(=O)c1ccc2c(c1)C1CCC2N1CCC1CCC(NC(=O)N[C@@H](C)c2cccc3ccccc23)CC1. The van der Waals surface area contributed by atoms with E-state index >= 15 is 0 Å². The highest BCUT2D eigenvalue weighted by atomic mass is 16.2. The van der Waals surface area contributed by atoms with Gasteiger partial charge < -0.3 is 10.6 Å². The van der Waals surface area contributed by atoms with E-state index in [2.05, 4.69) is 90.0 Å². The van der Waals surface area contributed by atoms with Crippen molar-refractivity contribution < 1.29 is 9.59 Å². The predicted octanol–water partition coefficient (Wildman–Crippen LogP) is 8.02. The Hall–Kier alpha value is -3.18. The van der Waals surface area contributed by atoms with Crippen molar-refractivity contribution in [2.75, 3.05) is 6.54 Å². The van der Waals surface area contributed by atoms with Crippen molar-refractivity contribution in [1.82, 2.24) is 15.5 Å². The molecule has 1 aliphatic carbocycles. The summed E-state index contributed by atoms with van der Waals surface area (Å²) in [6, 6.07) is 22.3. The lowest BCUT2D eigenvalue weighted by molar-refractivity contribution is 0.0981. The standard InChI is InChI=1S/C35H43N3O2/c1-3-7-34(39)26-14-17-30-31(22-26)33-19-18-32(30)38(33)21-20-24-12-15-27(16-13-24)37-35(40)36-23(2)28-11-6-9-25-8-4-5-10-29(25)28/h4-6,8-11,14,17,22-24,27,32-33H,3,7,12-13,15-16,18-21H2,1-2H3,(H2,36,37,40)/t23-,24?,27?,32?,33?/m0/s1. The highest BCUT2D eigenvalue weighted by Crippen LogP contribution is 2.53. The monoisotopic (exact) mass is 537 g/mol. The van der Waals surface area contributed by atoms with Gasteiger partial charge in [-0.15, -0.1) is 0 Å². The molecule has 0 aromatic heterocycles. The molecule has 1 saturated carbocycles. The molecular weight excluding hydrogens is 494 g/mol. The van der Waals surface area contributed by atoms with Crippen LogP contribution in [0.3, 0.4) is 0 Å². The molecule has 0 radical (unpaired) electrons. The van der Waals surface area contributed by atoms with Crippen LogP contribution in [0.1, 0.15) is 117 Å². The third-order valence-corrected chi connectivity index (χ3v) is 9.73. The van der Waals surface area contributed by atoms with E-state index in [-0.39, 0.29) is 23.9 Å². The summed E-state index contributed by atoms with van der Waals surface area (Å²) in [4.78, 5) is 28.0. The minimum Gasteiger partial charge on any atom is -0.335 e. The molecule has 3 atom stereocenters. The number of carbonyl (C=O) groups is 2. The summed E-state index contributed by atoms with van der Waals surface area (Å²) < 4.78 is 0. The van der Waals surface area contributed by atoms with Gasteiger partial charge in [0.1, 0.15) is 0 Å². The number of Topliss-reactive ketones (excluding diaryl/α,β-unsaturated/α-hetero) is 1. The van der Waals surface area contributed by atoms with E-state index in [0.29, 0.717) is 18.5 Å². The van der Waals surface area contributed by atoms with Crippen LogP contribution in [-0.2, 0) is 0 Å². The van der Waals surface area contributed by atoms with Crippen LogP contribution in [0.25, 0.3) is 10.8 Å². The Balaban J connectivity index is 0.969. The first-order valence-corrected chi connectivity index (χ1v) is 15.5. The zero-order valence-corrected chi connectivity index (χ0v) is 24.0. The molecule has 3 aromatic rings. The van der Waals surface area contributed by atoms with E-state index in [9.17, 15) is 9.59 Å². The second-order valence-electron chi connectivity index (χ2n) is 12.3. The number of amides is 2. The summed E-state index contributed by atoms with van der Waals surface area (Å²) in [5.41, 5.74) is 4.92. The van der Waals surface area contributed by atoms with Gasteiger partial charge in [-0.3, -0.25) is 9.69 Å². The van der Waals surface area contributed by atoms with Crippen molar-refractivity contribution in [3.05, 3.63) is 82.9 Å². The second-order valence-corrected chi connectivity index (χ2v) is 12.3. The smallest absolute Gasteiger partial charge is 0.315 e. The summed E-state index contributed by atoms with van der Waals surface area (Å²) in [5.74, 6) is 1.00. The molecule has 5 nitrogen and oxygen atoms in total. The molecule has 3 aromatic carbocycles. The van der Waals surface area contributed by atoms with E-state index in [1.165, 1.54) is 54.0 Å². The number of nitrogens with zero attached hydrogens (tertiary/aromatic N) is 1. The number of carbonyl (C=O) groups excluding carboxylic acids is 2. The summed E-state index contributed by atoms with van der Waals surface area (Å²) in [7, 11) is 0. The van der Waals surface area contributed by atoms with E-state index in [0.717, 1.165) is 42.9 Å². The molecule has 5 heteroatoms. The Morgan fingerprint density at radius 1 is 0.900 bits per heavy atom. The van der Waals surface area contributed by atoms with E-state index in [4.69, 9.17) is 0 Å². The first-order valence-electron chi connectivity index (χ1n) is 15.5. The van der Waals surface area contributed by atoms with Gasteiger partial charge in [-0.25, -0.2) is 4.79 Å². The van der Waals surface area contributed by atoms with Crippen molar-refractivity contribution in [2.45, 2.75) is 95.8 Å². The van der Waals surface area contributed by atoms with Crippen LogP contribution in [0.4, 0.5) is 4.79 Å². The fourth-order valence-electron chi connectivity index (χ4n) is 7.61. The Bertz CT molecular complexity index is 1370. The first kappa shape index (κ1) is 27.0. The summed E-state index contributed by atoms with van der Waals surface area (Å²) in [6.45, 7) is 5.27. The topological polar surface area (TPSA) is 61.4 Å². The van der Waals surface area contributed by atoms with Gasteiger partial charge in [-0.05, 0) is 104 Å². The maximum Gasteiger partial charge on any atom is 0.315 e. The lowest BCUT2D eigenvalue weighted by Gasteiger charge is -2.31. The average molecular weight is 538 g/mol. The van der Waals surface area contributed by atoms with Crippen molar-refractivity contribution in [3.8, 4) is 0 Å². The average Bonchev–Trinajstić information content (AvgIpc) is 3.52. The first-order chi connectivity index (χ1) is 19.5. The lowest BCUT2D eigenvalue weighted by Crippen LogP contribution is -2.44. The number of fused-ring (bicyclic) bond motifs is 6. The van der Waals surface area contributed by atoms with E-state index in [1.54, 1.807) is 0 Å². The highest BCUT2D eigenvalue weighted by Gasteiger charge is 2.43. The fraction of sp³-hybridized carbons (Fsp3) is 0.486. The largest absolute Gasteiger partial charge is 0.335 e. The third kappa shape index (κ3) is 5.41. The third-order valence-electron chi connectivity index (χ3n) is 9.73. The molecule has 2 fully saturated rings. The van der Waals surface area contributed by atoms with Crippen LogP contribution in [-0.4, -0.2) is 29.3 Å². The molecule has 210 valence electrons. The van der Waals surface area contributed by atoms with Crippen LogP contribution in [0.5, 0.6) is 0 Å². The predicted molar refractivity (Wildman–Crippen MR) is 161 cm³/mol. The van der Waals surface area contributed by atoms with Crippen molar-refractivity contribution in [1.29, 1.82) is 0 Å². The summed E-state index contributed by atoms with van der Waals surface area (Å²) >= 11 is 0. The number of rotatable bonds is 9. The Morgan fingerprint density at radius 2 is 1.65 bits per heavy atom. The number of benzene rings is 3. The maximum atomic E-state index is 12.9. The lowest BCUT2D eigenvalue weighted by atomic mass is 9.84. The van der Waals surface area contributed by atoms with Gasteiger partial charge in [0, 0.05) is 30.1 Å². The second kappa shape index (κ2) is 11.7. The molecule has 2 amide bonds. The minimum atomic E-state index is -0.0629. The number of ketones is 1. The normalized spacial score (nSPS) is 24.6. The van der Waals surface area contributed by atoms with Gasteiger partial charge in [-0.1, -0.05) is 61.5 Å². The van der Waals surface area contributed by atoms with Gasteiger partial charge in [-0.2, -0.15) is 0 Å². The van der Waals surface area contributed by atoms with Crippen LogP contribution >= 0.6 is 0 Å². The molecule has 2 heterocycles. The van der Waals surface area contributed by atoms with Crippen LogP contribution in [0, 0.1) is 5.92 Å². The molecule has 0 spiro atoms. The van der Waals surface area contributed by atoms with E-state index in [1.807, 2.05) is 0 Å². The van der Waals surface area contributed by atoms with Gasteiger partial charge >= 0.3 is 6.03 Å². The number of nitrogens with one attached hydrogen (secondary N) is 2. The Labute approximate surface area is 238 Å². The number of urea groups is 1. The number of hydrogen-bond donors (Lipinski definition) is 2. The maximum absolute atomic E-state index is 12.9. The molecule has 2 bridgehead atoms. The minimum absolute atomic E-state index is 0.0526. The van der Waals surface area contributed by atoms with Crippen LogP contribution in [0.2, 0.25) is 0 Å². The Morgan fingerprint density at radius 3 is 2.45 bits per heavy atom. The van der Waals surface area contributed by atoms with Crippen LogP contribution < -0.4 is 10.6 Å². The molecule has 3 aliphatic rings. The summed E-state index contributed by atoms with van der Waals surface area (Å²) in [6.07, 6.45) is 9.67. The molecule has 2 N–H and O–H groups in total. The zero-order chi connectivity index (χ0) is 27.6. The molecule has 40 heavy (non-hydrogen) atoms.